The smallest absolute Gasteiger partial charge is 0.263 e. The first-order valence-electron chi connectivity index (χ1n) is 10.8. The lowest BCUT2D eigenvalue weighted by molar-refractivity contribution is 0.0949. The standard InChI is InChI=1S/C23H21N7O5S/c1-30-19-17(10-18(22(30)32)20(31)26-12-16-4-2-15(11-25)3-5-16)13-27-29-21(19)35-14-23(6-7-23)36(33,34)28-9-8-24/h2-5,10,13,28H,6-7,9,12,14H2,1H3,(H,26,31). The molecular formula is C23H21N7O5S. The second-order valence-corrected chi connectivity index (χ2v) is 10.5. The normalized spacial score (nSPS) is 14.0. The summed E-state index contributed by atoms with van der Waals surface area (Å²) in [5.41, 5.74) is 0.810. The van der Waals surface area contributed by atoms with Crippen molar-refractivity contribution in [1.82, 2.24) is 24.8 Å². The molecule has 0 bridgehead atoms. The summed E-state index contributed by atoms with van der Waals surface area (Å²) in [5.74, 6) is -0.633. The maximum atomic E-state index is 13.0. The summed E-state index contributed by atoms with van der Waals surface area (Å²) in [6.07, 6.45) is 2.08. The van der Waals surface area contributed by atoms with Gasteiger partial charge in [0.05, 0.1) is 30.4 Å². The molecule has 2 aromatic heterocycles. The molecule has 184 valence electrons. The summed E-state index contributed by atoms with van der Waals surface area (Å²) in [7, 11) is -2.33. The van der Waals surface area contributed by atoms with Crippen molar-refractivity contribution in [1.29, 1.82) is 10.5 Å². The zero-order valence-corrected chi connectivity index (χ0v) is 20.0. The van der Waals surface area contributed by atoms with Crippen molar-refractivity contribution in [3.05, 3.63) is 63.6 Å². The van der Waals surface area contributed by atoms with E-state index in [2.05, 4.69) is 20.2 Å². The number of sulfonamides is 1. The van der Waals surface area contributed by atoms with Crippen molar-refractivity contribution >= 4 is 26.8 Å². The van der Waals surface area contributed by atoms with Crippen molar-refractivity contribution < 1.29 is 17.9 Å². The van der Waals surface area contributed by atoms with Crippen molar-refractivity contribution in [2.75, 3.05) is 13.2 Å². The number of hydrogen-bond acceptors (Lipinski definition) is 9. The molecule has 2 heterocycles. The Hall–Kier alpha value is -4.33. The van der Waals surface area contributed by atoms with Crippen LogP contribution in [0.4, 0.5) is 0 Å². The van der Waals surface area contributed by atoms with Crippen molar-refractivity contribution in [2.45, 2.75) is 24.1 Å². The Balaban J connectivity index is 1.55. The van der Waals surface area contributed by atoms with Gasteiger partial charge in [0.2, 0.25) is 10.0 Å². The largest absolute Gasteiger partial charge is 0.473 e. The maximum absolute atomic E-state index is 13.0. The summed E-state index contributed by atoms with van der Waals surface area (Å²) < 4.78 is 33.0. The molecule has 4 rings (SSSR count). The van der Waals surface area contributed by atoms with E-state index in [1.807, 2.05) is 6.07 Å². The van der Waals surface area contributed by atoms with E-state index in [0.717, 1.165) is 5.56 Å². The lowest BCUT2D eigenvalue weighted by Gasteiger charge is -2.17. The van der Waals surface area contributed by atoms with Crippen LogP contribution in [0.5, 0.6) is 5.88 Å². The van der Waals surface area contributed by atoms with Crippen LogP contribution < -0.4 is 20.3 Å². The van der Waals surface area contributed by atoms with E-state index < -0.39 is 26.2 Å². The van der Waals surface area contributed by atoms with Gasteiger partial charge in [0, 0.05) is 19.0 Å². The first-order valence-corrected chi connectivity index (χ1v) is 12.3. The van der Waals surface area contributed by atoms with Gasteiger partial charge in [-0.05, 0) is 36.6 Å². The molecule has 0 spiro atoms. The summed E-state index contributed by atoms with van der Waals surface area (Å²) in [6.45, 7) is -0.420. The average molecular weight is 508 g/mol. The quantitative estimate of drug-likeness (QED) is 0.390. The van der Waals surface area contributed by atoms with Gasteiger partial charge in [0.1, 0.15) is 22.4 Å². The number of nitriles is 2. The zero-order valence-electron chi connectivity index (χ0n) is 19.2. The van der Waals surface area contributed by atoms with E-state index in [1.165, 1.54) is 23.9 Å². The minimum absolute atomic E-state index is 0.0431. The van der Waals surface area contributed by atoms with Crippen molar-refractivity contribution in [2.24, 2.45) is 7.05 Å². The van der Waals surface area contributed by atoms with Crippen LogP contribution in [0.25, 0.3) is 10.9 Å². The fourth-order valence-electron chi connectivity index (χ4n) is 3.66. The van der Waals surface area contributed by atoms with E-state index >= 15 is 0 Å². The highest BCUT2D eigenvalue weighted by atomic mass is 32.2. The molecule has 0 radical (unpaired) electrons. The molecule has 1 aliphatic rings. The van der Waals surface area contributed by atoms with Crippen LogP contribution in [-0.4, -0.2) is 47.0 Å². The molecule has 13 heteroatoms. The molecule has 2 N–H and O–H groups in total. The number of aryl methyl sites for hydroxylation is 1. The highest BCUT2D eigenvalue weighted by Gasteiger charge is 2.55. The Bertz CT molecular complexity index is 1580. The van der Waals surface area contributed by atoms with Gasteiger partial charge in [0.25, 0.3) is 17.3 Å². The lowest BCUT2D eigenvalue weighted by atomic mass is 10.1. The summed E-state index contributed by atoms with van der Waals surface area (Å²) in [5, 5.41) is 28.4. The van der Waals surface area contributed by atoms with Crippen LogP contribution in [0, 0.1) is 22.7 Å². The molecule has 1 fully saturated rings. The predicted molar refractivity (Wildman–Crippen MR) is 127 cm³/mol. The lowest BCUT2D eigenvalue weighted by Crippen LogP contribution is -2.40. The second-order valence-electron chi connectivity index (χ2n) is 8.32. The molecule has 12 nitrogen and oxygen atoms in total. The van der Waals surface area contributed by atoms with Gasteiger partial charge < -0.3 is 14.6 Å². The van der Waals surface area contributed by atoms with Gasteiger partial charge in [0.15, 0.2) is 0 Å². The number of amides is 1. The third-order valence-electron chi connectivity index (χ3n) is 5.96. The first-order chi connectivity index (χ1) is 17.2. The molecule has 1 saturated carbocycles. The van der Waals surface area contributed by atoms with E-state index in [9.17, 15) is 18.0 Å². The number of benzene rings is 1. The van der Waals surface area contributed by atoms with E-state index in [1.54, 1.807) is 30.3 Å². The summed E-state index contributed by atoms with van der Waals surface area (Å²) in [6, 6.07) is 11.8. The summed E-state index contributed by atoms with van der Waals surface area (Å²) >= 11 is 0. The fraction of sp³-hybridized carbons (Fsp3) is 0.304. The molecule has 0 aliphatic heterocycles. The molecule has 36 heavy (non-hydrogen) atoms. The molecule has 1 amide bonds. The average Bonchev–Trinajstić information content (AvgIpc) is 3.69. The SMILES string of the molecule is Cn1c(=O)c(C(=O)NCc2ccc(C#N)cc2)cc2cnnc(OCC3(S(=O)(=O)NCC#N)CC3)c21. The van der Waals surface area contributed by atoms with Crippen LogP contribution in [0.2, 0.25) is 0 Å². The fourth-order valence-corrected chi connectivity index (χ4v) is 5.08. The first kappa shape index (κ1) is 24.8. The van der Waals surface area contributed by atoms with Crippen molar-refractivity contribution in [3.63, 3.8) is 0 Å². The van der Waals surface area contributed by atoms with Crippen LogP contribution >= 0.6 is 0 Å². The van der Waals surface area contributed by atoms with Crippen LogP contribution in [0.3, 0.4) is 0 Å². The minimum Gasteiger partial charge on any atom is -0.473 e. The number of ether oxygens (including phenoxy) is 1. The summed E-state index contributed by atoms with van der Waals surface area (Å²) in [4.78, 5) is 25.8. The molecule has 0 unspecified atom stereocenters. The number of fused-ring (bicyclic) bond motifs is 1. The number of carbonyl (C=O) groups is 1. The van der Waals surface area contributed by atoms with Gasteiger partial charge in [-0.2, -0.15) is 15.6 Å². The molecule has 3 aromatic rings. The highest BCUT2D eigenvalue weighted by molar-refractivity contribution is 7.91. The Kier molecular flexibility index (Phi) is 6.70. The predicted octanol–water partition coefficient (Wildman–Crippen LogP) is 0.485. The zero-order chi connectivity index (χ0) is 25.9. The van der Waals surface area contributed by atoms with Crippen LogP contribution in [0.1, 0.15) is 34.3 Å². The monoisotopic (exact) mass is 507 g/mol. The number of pyridine rings is 1. The van der Waals surface area contributed by atoms with Gasteiger partial charge in [-0.25, -0.2) is 13.1 Å². The molecule has 1 aromatic carbocycles. The third kappa shape index (κ3) is 4.75. The number of rotatable bonds is 9. The number of nitrogens with one attached hydrogen (secondary N) is 2. The van der Waals surface area contributed by atoms with E-state index in [4.69, 9.17) is 15.3 Å². The third-order valence-corrected chi connectivity index (χ3v) is 8.15. The number of aromatic nitrogens is 3. The van der Waals surface area contributed by atoms with Gasteiger partial charge >= 0.3 is 0 Å². The number of nitrogens with zero attached hydrogens (tertiary/aromatic N) is 5. The topological polar surface area (TPSA) is 180 Å². The van der Waals surface area contributed by atoms with E-state index in [0.29, 0.717) is 23.8 Å². The molecule has 0 atom stereocenters. The maximum Gasteiger partial charge on any atom is 0.263 e. The van der Waals surface area contributed by atoms with Gasteiger partial charge in [-0.15, -0.1) is 5.10 Å². The number of carbonyl (C=O) groups excluding carboxylic acids is 1. The van der Waals surface area contributed by atoms with E-state index in [-0.39, 0.29) is 36.7 Å². The highest BCUT2D eigenvalue weighted by Crippen LogP contribution is 2.43. The van der Waals surface area contributed by atoms with Crippen LogP contribution in [0.15, 0.2) is 41.3 Å². The molecular weight excluding hydrogens is 486 g/mol. The number of hydrogen-bond donors (Lipinski definition) is 2. The Morgan fingerprint density at radius 1 is 1.25 bits per heavy atom. The Labute approximate surface area is 206 Å². The Morgan fingerprint density at radius 3 is 2.61 bits per heavy atom. The molecule has 1 aliphatic carbocycles. The minimum atomic E-state index is -3.79. The molecule has 0 saturated heterocycles. The van der Waals surface area contributed by atoms with Crippen LogP contribution in [-0.2, 0) is 23.6 Å². The van der Waals surface area contributed by atoms with Gasteiger partial charge in [-0.3, -0.25) is 9.59 Å². The second kappa shape index (κ2) is 9.73. The van der Waals surface area contributed by atoms with Crippen molar-refractivity contribution in [3.8, 4) is 18.0 Å². The van der Waals surface area contributed by atoms with Gasteiger partial charge in [-0.1, -0.05) is 12.1 Å². The Morgan fingerprint density at radius 2 is 1.97 bits per heavy atom.